The van der Waals surface area contributed by atoms with Crippen molar-refractivity contribution in [3.8, 4) is 11.4 Å². The second-order valence-electron chi connectivity index (χ2n) is 7.49. The molecule has 0 saturated carbocycles. The second kappa shape index (κ2) is 8.82. The van der Waals surface area contributed by atoms with Gasteiger partial charge in [-0.3, -0.25) is 9.78 Å². The number of aromatic nitrogens is 3. The fraction of sp³-hybridized carbons (Fsp3) is 0.304. The lowest BCUT2D eigenvalue weighted by molar-refractivity contribution is -0.127. The first-order valence-corrected chi connectivity index (χ1v) is 9.99. The maximum absolute atomic E-state index is 12.4. The Hall–Kier alpha value is -3.28. The Bertz CT molecular complexity index is 962. The molecule has 4 rings (SSSR count). The van der Waals surface area contributed by atoms with E-state index in [1.165, 1.54) is 5.56 Å². The van der Waals surface area contributed by atoms with Crippen LogP contribution in [0.25, 0.3) is 11.4 Å². The van der Waals surface area contributed by atoms with Crippen molar-refractivity contribution < 1.29 is 4.79 Å². The van der Waals surface area contributed by atoms with Gasteiger partial charge < -0.3 is 10.2 Å². The van der Waals surface area contributed by atoms with Gasteiger partial charge in [0.15, 0.2) is 5.82 Å². The predicted molar refractivity (Wildman–Crippen MR) is 113 cm³/mol. The van der Waals surface area contributed by atoms with E-state index in [9.17, 15) is 4.79 Å². The third-order valence-electron chi connectivity index (χ3n) is 5.15. The molecular formula is C23H25N5O. The third-order valence-corrected chi connectivity index (χ3v) is 5.15. The zero-order chi connectivity index (χ0) is 20.1. The number of anilines is 1. The number of nitrogens with zero attached hydrogens (tertiary/aromatic N) is 4. The second-order valence-corrected chi connectivity index (χ2v) is 7.49. The summed E-state index contributed by atoms with van der Waals surface area (Å²) in [6.07, 6.45) is 4.98. The van der Waals surface area contributed by atoms with Crippen molar-refractivity contribution in [1.82, 2.24) is 19.9 Å². The molecule has 0 spiro atoms. The van der Waals surface area contributed by atoms with Crippen LogP contribution in [0, 0.1) is 12.8 Å². The van der Waals surface area contributed by atoms with E-state index in [1.807, 2.05) is 48.2 Å². The molecule has 1 atom stereocenters. The number of hydrogen-bond acceptors (Lipinski definition) is 5. The quantitative estimate of drug-likeness (QED) is 0.673. The molecule has 148 valence electrons. The number of aryl methyl sites for hydroxylation is 1. The van der Waals surface area contributed by atoms with Crippen molar-refractivity contribution in [1.29, 1.82) is 0 Å². The first-order valence-electron chi connectivity index (χ1n) is 9.99. The molecule has 6 heteroatoms. The van der Waals surface area contributed by atoms with Crippen LogP contribution >= 0.6 is 0 Å². The van der Waals surface area contributed by atoms with E-state index in [2.05, 4.69) is 32.4 Å². The van der Waals surface area contributed by atoms with Crippen molar-refractivity contribution in [2.75, 3.05) is 25.0 Å². The van der Waals surface area contributed by atoms with Crippen LogP contribution in [0.1, 0.15) is 17.7 Å². The number of rotatable bonds is 7. The molecule has 29 heavy (non-hydrogen) atoms. The van der Waals surface area contributed by atoms with Gasteiger partial charge in [0.1, 0.15) is 5.82 Å². The monoisotopic (exact) mass is 387 g/mol. The van der Waals surface area contributed by atoms with Crippen LogP contribution in [0.5, 0.6) is 0 Å². The Morgan fingerprint density at radius 3 is 2.79 bits per heavy atom. The van der Waals surface area contributed by atoms with Gasteiger partial charge in [0.2, 0.25) is 5.91 Å². The highest BCUT2D eigenvalue weighted by molar-refractivity contribution is 5.78. The highest BCUT2D eigenvalue weighted by Gasteiger charge is 2.29. The van der Waals surface area contributed by atoms with Gasteiger partial charge in [0, 0.05) is 61.7 Å². The lowest BCUT2D eigenvalue weighted by atomic mass is 10.1. The topological polar surface area (TPSA) is 71.0 Å². The molecule has 1 aliphatic rings. The fourth-order valence-electron chi connectivity index (χ4n) is 3.65. The molecule has 3 heterocycles. The summed E-state index contributed by atoms with van der Waals surface area (Å²) in [5.41, 5.74) is 3.05. The van der Waals surface area contributed by atoms with Gasteiger partial charge in [-0.1, -0.05) is 30.3 Å². The first-order chi connectivity index (χ1) is 14.2. The third kappa shape index (κ3) is 4.96. The maximum Gasteiger partial charge on any atom is 0.223 e. The van der Waals surface area contributed by atoms with Crippen LogP contribution < -0.4 is 5.32 Å². The molecule has 1 aliphatic heterocycles. The van der Waals surface area contributed by atoms with Gasteiger partial charge in [0.05, 0.1) is 0 Å². The van der Waals surface area contributed by atoms with Crippen molar-refractivity contribution in [3.05, 3.63) is 72.2 Å². The number of amides is 1. The number of nitrogens with one attached hydrogen (secondary N) is 1. The van der Waals surface area contributed by atoms with Crippen LogP contribution in [-0.4, -0.2) is 45.4 Å². The van der Waals surface area contributed by atoms with Crippen LogP contribution in [0.3, 0.4) is 0 Å². The number of pyridine rings is 1. The molecule has 0 radical (unpaired) electrons. The normalized spacial score (nSPS) is 16.2. The lowest BCUT2D eigenvalue weighted by Crippen LogP contribution is -2.28. The number of hydrogen-bond donors (Lipinski definition) is 1. The standard InChI is InChI=1S/C23H25N5O/c1-17-12-21(27-23(26-17)20-8-5-10-24-15-20)25-14-19-13-22(29)28(16-19)11-9-18-6-3-2-4-7-18/h2-8,10,12,15,19H,9,11,13-14,16H2,1H3,(H,25,26,27). The van der Waals surface area contributed by atoms with E-state index in [4.69, 9.17) is 0 Å². The average molecular weight is 387 g/mol. The minimum Gasteiger partial charge on any atom is -0.370 e. The number of likely N-dealkylation sites (tertiary alicyclic amines) is 1. The van der Waals surface area contributed by atoms with Crippen molar-refractivity contribution in [2.45, 2.75) is 19.8 Å². The Labute approximate surface area is 171 Å². The van der Waals surface area contributed by atoms with E-state index < -0.39 is 0 Å². The Kier molecular flexibility index (Phi) is 5.79. The Morgan fingerprint density at radius 2 is 2.00 bits per heavy atom. The summed E-state index contributed by atoms with van der Waals surface area (Å²) in [6, 6.07) is 16.1. The van der Waals surface area contributed by atoms with Gasteiger partial charge in [-0.25, -0.2) is 9.97 Å². The van der Waals surface area contributed by atoms with Gasteiger partial charge in [-0.15, -0.1) is 0 Å². The minimum absolute atomic E-state index is 0.239. The summed E-state index contributed by atoms with van der Waals surface area (Å²) in [6.45, 7) is 4.24. The molecular weight excluding hydrogens is 362 g/mol. The molecule has 0 aliphatic carbocycles. The van der Waals surface area contributed by atoms with Crippen molar-refractivity contribution in [2.24, 2.45) is 5.92 Å². The van der Waals surface area contributed by atoms with Crippen molar-refractivity contribution >= 4 is 11.7 Å². The van der Waals surface area contributed by atoms with E-state index in [1.54, 1.807) is 12.4 Å². The summed E-state index contributed by atoms with van der Waals surface area (Å²) in [7, 11) is 0. The zero-order valence-electron chi connectivity index (χ0n) is 16.6. The molecule has 1 N–H and O–H groups in total. The van der Waals surface area contributed by atoms with Crippen molar-refractivity contribution in [3.63, 3.8) is 0 Å². The van der Waals surface area contributed by atoms with E-state index >= 15 is 0 Å². The maximum atomic E-state index is 12.4. The SMILES string of the molecule is Cc1cc(NCC2CC(=O)N(CCc3ccccc3)C2)nc(-c2cccnc2)n1. The van der Waals surface area contributed by atoms with Crippen LogP contribution in [0.15, 0.2) is 60.9 Å². The number of carbonyl (C=O) groups is 1. The fourth-order valence-corrected chi connectivity index (χ4v) is 3.65. The molecule has 2 aromatic heterocycles. The molecule has 1 amide bonds. The van der Waals surface area contributed by atoms with Gasteiger partial charge in [-0.05, 0) is 31.0 Å². The minimum atomic E-state index is 0.239. The van der Waals surface area contributed by atoms with Crippen LogP contribution in [0.2, 0.25) is 0 Å². The molecule has 1 fully saturated rings. The summed E-state index contributed by atoms with van der Waals surface area (Å²) in [4.78, 5) is 27.6. The van der Waals surface area contributed by atoms with E-state index in [0.29, 0.717) is 12.2 Å². The Balaban J connectivity index is 1.34. The summed E-state index contributed by atoms with van der Waals surface area (Å²) in [5.74, 6) is 1.97. The summed E-state index contributed by atoms with van der Waals surface area (Å²) < 4.78 is 0. The van der Waals surface area contributed by atoms with Gasteiger partial charge in [0.25, 0.3) is 0 Å². The highest BCUT2D eigenvalue weighted by atomic mass is 16.2. The van der Waals surface area contributed by atoms with E-state index in [0.717, 1.165) is 43.1 Å². The smallest absolute Gasteiger partial charge is 0.223 e. The number of benzene rings is 1. The molecule has 3 aromatic rings. The average Bonchev–Trinajstić information content (AvgIpc) is 3.11. The molecule has 1 saturated heterocycles. The lowest BCUT2D eigenvalue weighted by Gasteiger charge is -2.17. The highest BCUT2D eigenvalue weighted by Crippen LogP contribution is 2.21. The van der Waals surface area contributed by atoms with Crippen LogP contribution in [-0.2, 0) is 11.2 Å². The molecule has 1 aromatic carbocycles. The van der Waals surface area contributed by atoms with Gasteiger partial charge in [-0.2, -0.15) is 0 Å². The van der Waals surface area contributed by atoms with Crippen LogP contribution in [0.4, 0.5) is 5.82 Å². The molecule has 0 bridgehead atoms. The Morgan fingerprint density at radius 1 is 1.14 bits per heavy atom. The predicted octanol–water partition coefficient (Wildman–Crippen LogP) is 3.35. The molecule has 6 nitrogen and oxygen atoms in total. The summed E-state index contributed by atoms with van der Waals surface area (Å²) >= 11 is 0. The zero-order valence-corrected chi connectivity index (χ0v) is 16.6. The molecule has 1 unspecified atom stereocenters. The largest absolute Gasteiger partial charge is 0.370 e. The first kappa shape index (κ1) is 19.1. The van der Waals surface area contributed by atoms with Gasteiger partial charge >= 0.3 is 0 Å². The van der Waals surface area contributed by atoms with E-state index in [-0.39, 0.29) is 11.8 Å². The number of carbonyl (C=O) groups excluding carboxylic acids is 1. The summed E-state index contributed by atoms with van der Waals surface area (Å²) in [5, 5.41) is 3.40.